The Hall–Kier alpha value is -1.14. The van der Waals surface area contributed by atoms with E-state index in [2.05, 4.69) is 4.90 Å². The van der Waals surface area contributed by atoms with Crippen LogP contribution < -0.4 is 0 Å². The molecule has 6 heteroatoms. The molecule has 0 N–H and O–H groups in total. The summed E-state index contributed by atoms with van der Waals surface area (Å²) in [6.07, 6.45) is 2.15. The fourth-order valence-corrected chi connectivity index (χ4v) is 4.38. The number of carbonyl (C=O) groups excluding carboxylic acids is 1. The van der Waals surface area contributed by atoms with Gasteiger partial charge in [-0.05, 0) is 36.8 Å². The molecule has 0 aliphatic carbocycles. The summed E-state index contributed by atoms with van der Waals surface area (Å²) in [5, 5.41) is 0. The Kier molecular flexibility index (Phi) is 4.98. The smallest absolute Gasteiger partial charge is 0.254 e. The summed E-state index contributed by atoms with van der Waals surface area (Å²) in [6, 6.07) is 4.00. The van der Waals surface area contributed by atoms with E-state index in [1.54, 1.807) is 4.90 Å². The van der Waals surface area contributed by atoms with E-state index in [-0.39, 0.29) is 11.5 Å². The molecule has 1 unspecified atom stereocenters. The van der Waals surface area contributed by atoms with Crippen molar-refractivity contribution in [1.82, 2.24) is 9.80 Å². The molecule has 1 aromatic rings. The fourth-order valence-electron chi connectivity index (χ4n) is 3.13. The Bertz CT molecular complexity index is 549. The first-order chi connectivity index (χ1) is 10.6. The summed E-state index contributed by atoms with van der Waals surface area (Å²) in [5.41, 5.74) is 0.226. The maximum atomic E-state index is 13.3. The van der Waals surface area contributed by atoms with E-state index < -0.39 is 11.6 Å². The molecule has 120 valence electrons. The highest BCUT2D eigenvalue weighted by atomic mass is 32.2. The highest BCUT2D eigenvalue weighted by molar-refractivity contribution is 7.99. The summed E-state index contributed by atoms with van der Waals surface area (Å²) >= 11 is 1.99. The number of halogens is 2. The molecule has 1 amide bonds. The zero-order valence-electron chi connectivity index (χ0n) is 12.4. The van der Waals surface area contributed by atoms with Crippen LogP contribution in [0.4, 0.5) is 8.78 Å². The van der Waals surface area contributed by atoms with Gasteiger partial charge in [-0.25, -0.2) is 8.78 Å². The largest absolute Gasteiger partial charge is 0.337 e. The molecule has 2 aliphatic heterocycles. The molecule has 2 heterocycles. The summed E-state index contributed by atoms with van der Waals surface area (Å²) in [6.45, 7) is 3.20. The second-order valence-corrected chi connectivity index (χ2v) is 6.98. The second-order valence-electron chi connectivity index (χ2n) is 5.83. The molecule has 1 aromatic carbocycles. The van der Waals surface area contributed by atoms with Crippen LogP contribution in [-0.4, -0.2) is 59.4 Å². The first kappa shape index (κ1) is 15.7. The van der Waals surface area contributed by atoms with E-state index in [1.165, 1.54) is 24.0 Å². The monoisotopic (exact) mass is 326 g/mol. The van der Waals surface area contributed by atoms with Gasteiger partial charge in [-0.3, -0.25) is 9.69 Å². The minimum atomic E-state index is -0.967. The molecular formula is C16H20F2N2OS. The Morgan fingerprint density at radius 3 is 2.73 bits per heavy atom. The van der Waals surface area contributed by atoms with Crippen molar-refractivity contribution in [2.24, 2.45) is 0 Å². The summed E-state index contributed by atoms with van der Waals surface area (Å²) < 4.78 is 26.3. The van der Waals surface area contributed by atoms with Crippen LogP contribution in [0.5, 0.6) is 0 Å². The van der Waals surface area contributed by atoms with Crippen LogP contribution in [0.15, 0.2) is 18.2 Å². The quantitative estimate of drug-likeness (QED) is 0.835. The molecule has 22 heavy (non-hydrogen) atoms. The molecule has 0 radical (unpaired) electrons. The molecule has 3 nitrogen and oxygen atoms in total. The van der Waals surface area contributed by atoms with Gasteiger partial charge in [0.1, 0.15) is 0 Å². The Labute approximate surface area is 133 Å². The third-order valence-corrected chi connectivity index (χ3v) is 5.55. The average molecular weight is 326 g/mol. The Balaban J connectivity index is 1.64. The third kappa shape index (κ3) is 3.43. The lowest BCUT2D eigenvalue weighted by Gasteiger charge is -2.26. The number of hydrogen-bond donors (Lipinski definition) is 0. The van der Waals surface area contributed by atoms with E-state index in [1.807, 2.05) is 11.8 Å². The molecule has 0 aromatic heterocycles. The van der Waals surface area contributed by atoms with Gasteiger partial charge in [0.25, 0.3) is 5.91 Å². The first-order valence-electron chi connectivity index (χ1n) is 7.71. The van der Waals surface area contributed by atoms with Crippen molar-refractivity contribution in [2.45, 2.75) is 18.9 Å². The molecule has 0 bridgehead atoms. The topological polar surface area (TPSA) is 23.6 Å². The normalized spacial score (nSPS) is 23.5. The number of benzene rings is 1. The number of hydrogen-bond acceptors (Lipinski definition) is 3. The molecule has 2 aliphatic rings. The molecule has 3 rings (SSSR count). The average Bonchev–Trinajstić information content (AvgIpc) is 2.94. The van der Waals surface area contributed by atoms with E-state index in [4.69, 9.17) is 0 Å². The maximum absolute atomic E-state index is 13.3. The van der Waals surface area contributed by atoms with Crippen molar-refractivity contribution in [2.75, 3.05) is 37.7 Å². The minimum absolute atomic E-state index is 0.207. The third-order valence-electron chi connectivity index (χ3n) is 4.41. The molecule has 0 spiro atoms. The van der Waals surface area contributed by atoms with Crippen molar-refractivity contribution in [3.8, 4) is 0 Å². The standard InChI is InChI=1S/C16H20F2N2OS/c17-14-3-2-12(10-15(14)18)16(21)20-6-1-5-19(7-8-20)13-4-9-22-11-13/h2-3,10,13H,1,4-9,11H2. The predicted octanol–water partition coefficient (Wildman–Crippen LogP) is 2.62. The summed E-state index contributed by atoms with van der Waals surface area (Å²) in [4.78, 5) is 16.7. The fraction of sp³-hybridized carbons (Fsp3) is 0.562. The lowest BCUT2D eigenvalue weighted by atomic mass is 10.2. The number of rotatable bonds is 2. The van der Waals surface area contributed by atoms with Gasteiger partial charge in [-0.1, -0.05) is 0 Å². The van der Waals surface area contributed by atoms with Crippen LogP contribution in [0.25, 0.3) is 0 Å². The Morgan fingerprint density at radius 2 is 2.00 bits per heavy atom. The zero-order chi connectivity index (χ0) is 15.5. The van der Waals surface area contributed by atoms with Crippen molar-refractivity contribution < 1.29 is 13.6 Å². The van der Waals surface area contributed by atoms with Crippen molar-refractivity contribution in [3.63, 3.8) is 0 Å². The van der Waals surface area contributed by atoms with Crippen LogP contribution in [0.3, 0.4) is 0 Å². The van der Waals surface area contributed by atoms with Gasteiger partial charge in [-0.2, -0.15) is 11.8 Å². The van der Waals surface area contributed by atoms with E-state index >= 15 is 0 Å². The molecular weight excluding hydrogens is 306 g/mol. The van der Waals surface area contributed by atoms with Crippen LogP contribution in [0.1, 0.15) is 23.2 Å². The van der Waals surface area contributed by atoms with Gasteiger partial charge in [0.15, 0.2) is 11.6 Å². The summed E-state index contributed by atoms with van der Waals surface area (Å²) in [7, 11) is 0. The van der Waals surface area contributed by atoms with Gasteiger partial charge in [0, 0.05) is 43.5 Å². The second kappa shape index (κ2) is 6.96. The highest BCUT2D eigenvalue weighted by Gasteiger charge is 2.27. The number of amides is 1. The van der Waals surface area contributed by atoms with E-state index in [0.29, 0.717) is 19.1 Å². The van der Waals surface area contributed by atoms with Gasteiger partial charge < -0.3 is 4.90 Å². The van der Waals surface area contributed by atoms with E-state index in [9.17, 15) is 13.6 Å². The van der Waals surface area contributed by atoms with Gasteiger partial charge in [-0.15, -0.1) is 0 Å². The number of carbonyl (C=O) groups is 1. The van der Waals surface area contributed by atoms with Gasteiger partial charge >= 0.3 is 0 Å². The first-order valence-corrected chi connectivity index (χ1v) is 8.87. The molecule has 0 saturated carbocycles. The van der Waals surface area contributed by atoms with Crippen molar-refractivity contribution in [1.29, 1.82) is 0 Å². The maximum Gasteiger partial charge on any atom is 0.254 e. The molecule has 2 saturated heterocycles. The SMILES string of the molecule is O=C(c1ccc(F)c(F)c1)N1CCCN(C2CCSC2)CC1. The zero-order valence-corrected chi connectivity index (χ0v) is 13.2. The Morgan fingerprint density at radius 1 is 1.14 bits per heavy atom. The molecule has 2 fully saturated rings. The summed E-state index contributed by atoms with van der Waals surface area (Å²) in [5.74, 6) is 0.305. The van der Waals surface area contributed by atoms with Gasteiger partial charge in [0.2, 0.25) is 0 Å². The highest BCUT2D eigenvalue weighted by Crippen LogP contribution is 2.23. The van der Waals surface area contributed by atoms with Crippen LogP contribution in [0.2, 0.25) is 0 Å². The van der Waals surface area contributed by atoms with Crippen LogP contribution in [0, 0.1) is 11.6 Å². The molecule has 1 atom stereocenters. The van der Waals surface area contributed by atoms with Gasteiger partial charge in [0.05, 0.1) is 0 Å². The van der Waals surface area contributed by atoms with Crippen molar-refractivity contribution >= 4 is 17.7 Å². The minimum Gasteiger partial charge on any atom is -0.337 e. The number of thioether (sulfide) groups is 1. The van der Waals surface area contributed by atoms with Crippen LogP contribution in [-0.2, 0) is 0 Å². The lowest BCUT2D eigenvalue weighted by molar-refractivity contribution is 0.0758. The predicted molar refractivity (Wildman–Crippen MR) is 84.2 cm³/mol. The van der Waals surface area contributed by atoms with Crippen LogP contribution >= 0.6 is 11.8 Å². The van der Waals surface area contributed by atoms with Crippen molar-refractivity contribution in [3.05, 3.63) is 35.4 Å². The lowest BCUT2D eigenvalue weighted by Crippen LogP contribution is -2.39. The van der Waals surface area contributed by atoms with E-state index in [0.717, 1.165) is 31.6 Å². The number of nitrogens with zero attached hydrogens (tertiary/aromatic N) is 2.